The normalized spacial score (nSPS) is 22.7. The molecule has 0 aliphatic carbocycles. The number of benzene rings is 1. The molecule has 0 amide bonds. The van der Waals surface area contributed by atoms with Crippen molar-refractivity contribution in [3.05, 3.63) is 35.4 Å². The van der Waals surface area contributed by atoms with Crippen LogP contribution in [-0.4, -0.2) is 24.0 Å². The first-order valence-corrected chi connectivity index (χ1v) is 6.83. The zero-order valence-corrected chi connectivity index (χ0v) is 13.1. The second-order valence-electron chi connectivity index (χ2n) is 6.25. The Morgan fingerprint density at radius 1 is 1.29 bits per heavy atom. The van der Waals surface area contributed by atoms with Crippen molar-refractivity contribution in [2.24, 2.45) is 11.1 Å². The molecule has 1 atom stereocenters. The molecule has 1 aromatic carbocycles. The minimum Gasteiger partial charge on any atom is -0.327 e. The lowest BCUT2D eigenvalue weighted by molar-refractivity contribution is -0.138. The Bertz CT molecular complexity index is 474. The van der Waals surface area contributed by atoms with Crippen molar-refractivity contribution in [2.45, 2.75) is 39.0 Å². The maximum atomic E-state index is 13.0. The van der Waals surface area contributed by atoms with E-state index >= 15 is 0 Å². The Kier molecular flexibility index (Phi) is 5.69. The van der Waals surface area contributed by atoms with Gasteiger partial charge in [0.25, 0.3) is 0 Å². The van der Waals surface area contributed by atoms with Gasteiger partial charge in [0.2, 0.25) is 0 Å². The average molecular weight is 323 g/mol. The molecule has 2 N–H and O–H groups in total. The van der Waals surface area contributed by atoms with Crippen LogP contribution in [0.2, 0.25) is 0 Å². The fraction of sp³-hybridized carbons (Fsp3) is 0.600. The predicted octanol–water partition coefficient (Wildman–Crippen LogP) is 3.69. The highest BCUT2D eigenvalue weighted by molar-refractivity contribution is 5.85. The van der Waals surface area contributed by atoms with Gasteiger partial charge < -0.3 is 5.73 Å². The topological polar surface area (TPSA) is 29.3 Å². The SMILES string of the molecule is CC1(C)CN(Cc2ccccc2C(F)(F)F)CCC1N.Cl. The van der Waals surface area contributed by atoms with Crippen molar-refractivity contribution in [1.29, 1.82) is 0 Å². The van der Waals surface area contributed by atoms with E-state index in [1.165, 1.54) is 6.07 Å². The van der Waals surface area contributed by atoms with Crippen LogP contribution in [0.15, 0.2) is 24.3 Å². The number of nitrogens with two attached hydrogens (primary N) is 1. The van der Waals surface area contributed by atoms with Crippen LogP contribution in [0.3, 0.4) is 0 Å². The van der Waals surface area contributed by atoms with Gasteiger partial charge in [0.15, 0.2) is 0 Å². The van der Waals surface area contributed by atoms with Gasteiger partial charge in [0, 0.05) is 25.7 Å². The largest absolute Gasteiger partial charge is 0.416 e. The van der Waals surface area contributed by atoms with E-state index in [9.17, 15) is 13.2 Å². The summed E-state index contributed by atoms with van der Waals surface area (Å²) in [6.45, 7) is 5.93. The van der Waals surface area contributed by atoms with E-state index in [-0.39, 0.29) is 23.9 Å². The third-order valence-corrected chi connectivity index (χ3v) is 4.11. The number of hydrogen-bond donors (Lipinski definition) is 1. The van der Waals surface area contributed by atoms with Crippen LogP contribution in [0.5, 0.6) is 0 Å². The van der Waals surface area contributed by atoms with Crippen molar-refractivity contribution in [1.82, 2.24) is 4.90 Å². The Labute approximate surface area is 129 Å². The van der Waals surface area contributed by atoms with Gasteiger partial charge in [-0.15, -0.1) is 12.4 Å². The third-order valence-electron chi connectivity index (χ3n) is 4.11. The van der Waals surface area contributed by atoms with Crippen LogP contribution in [0, 0.1) is 5.41 Å². The van der Waals surface area contributed by atoms with Crippen LogP contribution in [0.1, 0.15) is 31.4 Å². The van der Waals surface area contributed by atoms with Gasteiger partial charge in [-0.2, -0.15) is 13.2 Å². The molecule has 1 aliphatic heterocycles. The molecule has 0 aromatic heterocycles. The minimum atomic E-state index is -4.29. The average Bonchev–Trinajstić information content (AvgIpc) is 2.33. The number of rotatable bonds is 2. The summed E-state index contributed by atoms with van der Waals surface area (Å²) in [5.74, 6) is 0. The van der Waals surface area contributed by atoms with E-state index in [1.807, 2.05) is 0 Å². The lowest BCUT2D eigenvalue weighted by Gasteiger charge is -2.42. The first-order chi connectivity index (χ1) is 9.20. The maximum absolute atomic E-state index is 13.0. The van der Waals surface area contributed by atoms with E-state index in [2.05, 4.69) is 18.7 Å². The molecular formula is C15H22ClF3N2. The van der Waals surface area contributed by atoms with Crippen LogP contribution in [0.25, 0.3) is 0 Å². The molecular weight excluding hydrogens is 301 g/mol. The molecule has 2 nitrogen and oxygen atoms in total. The minimum absolute atomic E-state index is 0. The van der Waals surface area contributed by atoms with Crippen molar-refractivity contribution in [3.63, 3.8) is 0 Å². The van der Waals surface area contributed by atoms with E-state index < -0.39 is 11.7 Å². The van der Waals surface area contributed by atoms with Gasteiger partial charge in [0.05, 0.1) is 5.56 Å². The standard InChI is InChI=1S/C15H21F3N2.ClH/c1-14(2)10-20(8-7-13(14)19)9-11-5-3-4-6-12(11)15(16,17)18;/h3-6,13H,7-10,19H2,1-2H3;1H. The summed E-state index contributed by atoms with van der Waals surface area (Å²) in [5.41, 5.74) is 5.80. The molecule has 120 valence electrons. The molecule has 1 aliphatic rings. The second kappa shape index (κ2) is 6.55. The molecule has 1 aromatic rings. The number of alkyl halides is 3. The van der Waals surface area contributed by atoms with Gasteiger partial charge in [-0.25, -0.2) is 0 Å². The Balaban J connectivity index is 0.00000220. The van der Waals surface area contributed by atoms with Crippen molar-refractivity contribution >= 4 is 12.4 Å². The molecule has 1 fully saturated rings. The zero-order valence-electron chi connectivity index (χ0n) is 12.3. The van der Waals surface area contributed by atoms with E-state index in [1.54, 1.807) is 12.1 Å². The molecule has 0 radical (unpaired) electrons. The zero-order chi connectivity index (χ0) is 15.0. The lowest BCUT2D eigenvalue weighted by Crippen LogP contribution is -2.52. The van der Waals surface area contributed by atoms with Crippen LogP contribution >= 0.6 is 12.4 Å². The molecule has 0 bridgehead atoms. The summed E-state index contributed by atoms with van der Waals surface area (Å²) in [5, 5.41) is 0. The quantitative estimate of drug-likeness (QED) is 0.900. The van der Waals surface area contributed by atoms with Crippen molar-refractivity contribution in [3.8, 4) is 0 Å². The summed E-state index contributed by atoms with van der Waals surface area (Å²) in [6, 6.07) is 5.91. The van der Waals surface area contributed by atoms with Crippen LogP contribution in [-0.2, 0) is 12.7 Å². The molecule has 1 heterocycles. The number of piperidine rings is 1. The highest BCUT2D eigenvalue weighted by atomic mass is 35.5. The fourth-order valence-corrected chi connectivity index (χ4v) is 2.80. The summed E-state index contributed by atoms with van der Waals surface area (Å²) in [7, 11) is 0. The Hall–Kier alpha value is -0.780. The number of nitrogens with zero attached hydrogens (tertiary/aromatic N) is 1. The Morgan fingerprint density at radius 3 is 2.48 bits per heavy atom. The van der Waals surface area contributed by atoms with Crippen molar-refractivity contribution < 1.29 is 13.2 Å². The lowest BCUT2D eigenvalue weighted by atomic mass is 9.79. The van der Waals surface area contributed by atoms with Gasteiger partial charge in [-0.1, -0.05) is 32.0 Å². The Morgan fingerprint density at radius 2 is 1.90 bits per heavy atom. The second-order valence-corrected chi connectivity index (χ2v) is 6.25. The number of likely N-dealkylation sites (tertiary alicyclic amines) is 1. The van der Waals surface area contributed by atoms with Crippen LogP contribution < -0.4 is 5.73 Å². The smallest absolute Gasteiger partial charge is 0.327 e. The monoisotopic (exact) mass is 322 g/mol. The molecule has 2 rings (SSSR count). The van der Waals surface area contributed by atoms with E-state index in [0.717, 1.165) is 25.6 Å². The van der Waals surface area contributed by atoms with Gasteiger partial charge >= 0.3 is 6.18 Å². The molecule has 0 saturated carbocycles. The van der Waals surface area contributed by atoms with Gasteiger partial charge in [-0.3, -0.25) is 4.90 Å². The number of halogens is 4. The van der Waals surface area contributed by atoms with Gasteiger partial charge in [0.1, 0.15) is 0 Å². The van der Waals surface area contributed by atoms with Gasteiger partial charge in [-0.05, 0) is 23.5 Å². The molecule has 6 heteroatoms. The first-order valence-electron chi connectivity index (χ1n) is 6.83. The third kappa shape index (κ3) is 4.34. The summed E-state index contributed by atoms with van der Waals surface area (Å²) in [6.07, 6.45) is -3.47. The molecule has 21 heavy (non-hydrogen) atoms. The van der Waals surface area contributed by atoms with E-state index in [4.69, 9.17) is 5.73 Å². The molecule has 1 unspecified atom stereocenters. The first kappa shape index (κ1) is 18.3. The highest BCUT2D eigenvalue weighted by Crippen LogP contribution is 2.34. The number of hydrogen-bond acceptors (Lipinski definition) is 2. The summed E-state index contributed by atoms with van der Waals surface area (Å²) < 4.78 is 38.9. The summed E-state index contributed by atoms with van der Waals surface area (Å²) in [4.78, 5) is 2.06. The highest BCUT2D eigenvalue weighted by Gasteiger charge is 2.36. The molecule has 0 spiro atoms. The van der Waals surface area contributed by atoms with Crippen molar-refractivity contribution in [2.75, 3.05) is 13.1 Å². The predicted molar refractivity (Wildman–Crippen MR) is 80.3 cm³/mol. The van der Waals surface area contributed by atoms with E-state index in [0.29, 0.717) is 12.1 Å². The fourth-order valence-electron chi connectivity index (χ4n) is 2.80. The maximum Gasteiger partial charge on any atom is 0.416 e. The van der Waals surface area contributed by atoms with Crippen LogP contribution in [0.4, 0.5) is 13.2 Å². The summed E-state index contributed by atoms with van der Waals surface area (Å²) >= 11 is 0. The molecule has 1 saturated heterocycles.